The van der Waals surface area contributed by atoms with E-state index in [4.69, 9.17) is 18.5 Å². The van der Waals surface area contributed by atoms with Crippen LogP contribution in [0.2, 0.25) is 0 Å². The van der Waals surface area contributed by atoms with Gasteiger partial charge in [-0.25, -0.2) is 0 Å². The molecule has 0 aromatic rings. The van der Waals surface area contributed by atoms with Crippen LogP contribution < -0.4 is 4.89 Å². The molecule has 0 radical (unpaired) electrons. The van der Waals surface area contributed by atoms with Gasteiger partial charge in [-0.2, -0.15) is 0 Å². The van der Waals surface area contributed by atoms with Crippen molar-refractivity contribution in [2.75, 3.05) is 47.5 Å². The van der Waals surface area contributed by atoms with E-state index in [2.05, 4.69) is 86.8 Å². The highest BCUT2D eigenvalue weighted by Gasteiger charge is 2.21. The van der Waals surface area contributed by atoms with Gasteiger partial charge in [-0.05, 0) is 83.5 Å². The van der Waals surface area contributed by atoms with Gasteiger partial charge in [-0.3, -0.25) is 14.2 Å². The molecule has 2 atom stereocenters. The molecule has 0 heterocycles. The minimum absolute atomic E-state index is 0.0411. The molecule has 0 aliphatic rings. The molecular weight excluding hydrogens is 870 g/mol. The third kappa shape index (κ3) is 52.8. The molecule has 10 heteroatoms. The van der Waals surface area contributed by atoms with Crippen molar-refractivity contribution >= 4 is 19.8 Å². The van der Waals surface area contributed by atoms with Crippen molar-refractivity contribution < 1.29 is 42.1 Å². The van der Waals surface area contributed by atoms with E-state index in [-0.39, 0.29) is 26.1 Å². The summed E-state index contributed by atoms with van der Waals surface area (Å²) in [5, 5.41) is 0. The number of allylic oxidation sites excluding steroid dienone is 12. The molecule has 394 valence electrons. The predicted octanol–water partition coefficient (Wildman–Crippen LogP) is 16.3. The number of carbonyl (C=O) groups is 2. The van der Waals surface area contributed by atoms with E-state index >= 15 is 0 Å². The molecule has 2 unspecified atom stereocenters. The molecule has 0 spiro atoms. The first kappa shape index (κ1) is 65.5. The molecule has 0 amide bonds. The Kier molecular flexibility index (Phi) is 47.6. The van der Waals surface area contributed by atoms with Gasteiger partial charge in [0.1, 0.15) is 19.8 Å². The molecule has 0 aromatic heterocycles. The smallest absolute Gasteiger partial charge is 0.306 e. The maximum absolute atomic E-state index is 12.7. The van der Waals surface area contributed by atoms with Crippen molar-refractivity contribution in [2.45, 2.75) is 238 Å². The Bertz CT molecular complexity index is 1380. The van der Waals surface area contributed by atoms with Gasteiger partial charge >= 0.3 is 11.9 Å². The number of rotatable bonds is 50. The van der Waals surface area contributed by atoms with E-state index in [1.807, 2.05) is 21.1 Å². The van der Waals surface area contributed by atoms with Gasteiger partial charge in [0.15, 0.2) is 6.10 Å². The summed E-state index contributed by atoms with van der Waals surface area (Å²) in [6.45, 7) is 4.07. The normalized spacial score (nSPS) is 13.9. The van der Waals surface area contributed by atoms with Crippen LogP contribution in [0.4, 0.5) is 0 Å². The lowest BCUT2D eigenvalue weighted by Gasteiger charge is -2.28. The van der Waals surface area contributed by atoms with Crippen molar-refractivity contribution in [3.63, 3.8) is 0 Å². The van der Waals surface area contributed by atoms with E-state index in [0.29, 0.717) is 17.4 Å². The van der Waals surface area contributed by atoms with Gasteiger partial charge in [0.2, 0.25) is 0 Å². The maximum Gasteiger partial charge on any atom is 0.306 e. The fourth-order valence-electron chi connectivity index (χ4n) is 7.44. The van der Waals surface area contributed by atoms with Crippen LogP contribution in [-0.4, -0.2) is 70.0 Å². The highest BCUT2D eigenvalue weighted by Crippen LogP contribution is 2.38. The predicted molar refractivity (Wildman–Crippen MR) is 286 cm³/mol. The van der Waals surface area contributed by atoms with Crippen LogP contribution in [0.5, 0.6) is 0 Å². The van der Waals surface area contributed by atoms with Crippen molar-refractivity contribution in [2.24, 2.45) is 0 Å². The Labute approximate surface area is 418 Å². The van der Waals surface area contributed by atoms with E-state index < -0.39 is 32.5 Å². The molecule has 0 aromatic carbocycles. The Morgan fingerprint density at radius 1 is 0.471 bits per heavy atom. The largest absolute Gasteiger partial charge is 0.756 e. The van der Waals surface area contributed by atoms with Gasteiger partial charge < -0.3 is 27.9 Å². The number of carbonyl (C=O) groups excluding carboxylic acids is 2. The van der Waals surface area contributed by atoms with Crippen LogP contribution >= 0.6 is 7.82 Å². The summed E-state index contributed by atoms with van der Waals surface area (Å²) in [6, 6.07) is 0. The van der Waals surface area contributed by atoms with Crippen LogP contribution in [-0.2, 0) is 32.7 Å². The monoisotopic (exact) mass is 974 g/mol. The number of ether oxygens (including phenoxy) is 2. The maximum atomic E-state index is 12.7. The summed E-state index contributed by atoms with van der Waals surface area (Å²) in [6.07, 6.45) is 63.9. The lowest BCUT2D eigenvalue weighted by atomic mass is 10.0. The van der Waals surface area contributed by atoms with E-state index in [1.165, 1.54) is 135 Å². The Balaban J connectivity index is 4.12. The fraction of sp³-hybridized carbons (Fsp3) is 0.759. The average Bonchev–Trinajstić information content (AvgIpc) is 3.30. The van der Waals surface area contributed by atoms with Gasteiger partial charge in [-0.15, -0.1) is 0 Å². The van der Waals surface area contributed by atoms with Crippen molar-refractivity contribution in [3.8, 4) is 0 Å². The number of hydrogen-bond donors (Lipinski definition) is 0. The van der Waals surface area contributed by atoms with Gasteiger partial charge in [0, 0.05) is 12.8 Å². The van der Waals surface area contributed by atoms with Crippen molar-refractivity contribution in [1.29, 1.82) is 0 Å². The molecular formula is C58H104NO8P. The third-order valence-corrected chi connectivity index (χ3v) is 12.7. The summed E-state index contributed by atoms with van der Waals surface area (Å²) in [7, 11) is 1.13. The molecule has 0 saturated heterocycles. The van der Waals surface area contributed by atoms with Crippen molar-refractivity contribution in [3.05, 3.63) is 72.9 Å². The van der Waals surface area contributed by atoms with Gasteiger partial charge in [0.05, 0.1) is 27.7 Å². The zero-order valence-electron chi connectivity index (χ0n) is 44.5. The Morgan fingerprint density at radius 2 is 0.838 bits per heavy atom. The highest BCUT2D eigenvalue weighted by atomic mass is 31.2. The summed E-state index contributed by atoms with van der Waals surface area (Å²) >= 11 is 0. The van der Waals surface area contributed by atoms with Gasteiger partial charge in [-0.1, -0.05) is 209 Å². The standard InChI is InChI=1S/C58H104NO8P/c1-6-8-10-12-14-16-18-20-22-23-24-25-26-27-28-29-30-31-32-33-34-35-37-38-40-42-44-46-48-50-57(60)64-54-56(55-66-68(62,63)65-53-52-59(3,4)5)67-58(61)51-49-47-45-43-41-39-36-21-19-17-15-13-11-9-7-2/h9,11,15,17-18,20-21,23-24,36,41,43,56H,6-8,10,12-14,16,19,22,25-35,37-40,42,44-55H2,1-5H3/b11-9-,17-15-,20-18-,24-23-,36-21-,43-41-. The van der Waals surface area contributed by atoms with E-state index in [9.17, 15) is 19.0 Å². The molecule has 0 aliphatic carbocycles. The SMILES string of the molecule is CC/C=C\C/C=C\C/C=C\C/C=C\CCCCC(=O)OC(COC(=O)CCCCCCCCCCCCCCCCCCC/C=C\C/C=C\CCCCCCC)COP(=O)([O-])OCC[N+](C)(C)C. The van der Waals surface area contributed by atoms with Crippen LogP contribution in [0.1, 0.15) is 232 Å². The van der Waals surface area contributed by atoms with Crippen LogP contribution in [0.3, 0.4) is 0 Å². The molecule has 0 rings (SSSR count). The zero-order chi connectivity index (χ0) is 49.9. The number of quaternary nitrogens is 1. The number of nitrogens with zero attached hydrogens (tertiary/aromatic N) is 1. The molecule has 0 aliphatic heterocycles. The topological polar surface area (TPSA) is 111 Å². The highest BCUT2D eigenvalue weighted by molar-refractivity contribution is 7.45. The van der Waals surface area contributed by atoms with E-state index in [0.717, 1.165) is 64.2 Å². The number of unbranched alkanes of at least 4 members (excludes halogenated alkanes) is 24. The summed E-state index contributed by atoms with van der Waals surface area (Å²) < 4.78 is 34.0. The lowest BCUT2D eigenvalue weighted by molar-refractivity contribution is -0.870. The second-order valence-electron chi connectivity index (χ2n) is 19.6. The second-order valence-corrected chi connectivity index (χ2v) is 21.0. The minimum atomic E-state index is -4.65. The lowest BCUT2D eigenvalue weighted by Crippen LogP contribution is -2.37. The first-order valence-electron chi connectivity index (χ1n) is 27.6. The number of phosphoric ester groups is 1. The van der Waals surface area contributed by atoms with Crippen LogP contribution in [0, 0.1) is 0 Å². The fourth-order valence-corrected chi connectivity index (χ4v) is 8.17. The summed E-state index contributed by atoms with van der Waals surface area (Å²) in [4.78, 5) is 37.7. The number of phosphoric acid groups is 1. The number of likely N-dealkylation sites (N-methyl/N-ethyl adjacent to an activating group) is 1. The quantitative estimate of drug-likeness (QED) is 0.0195. The Hall–Kier alpha value is -2.55. The number of esters is 2. The van der Waals surface area contributed by atoms with E-state index in [1.54, 1.807) is 0 Å². The molecule has 0 bridgehead atoms. The van der Waals surface area contributed by atoms with Crippen LogP contribution in [0.15, 0.2) is 72.9 Å². The van der Waals surface area contributed by atoms with Crippen molar-refractivity contribution in [1.82, 2.24) is 0 Å². The number of hydrogen-bond acceptors (Lipinski definition) is 8. The third-order valence-electron chi connectivity index (χ3n) is 11.7. The molecule has 9 nitrogen and oxygen atoms in total. The average molecular weight is 974 g/mol. The minimum Gasteiger partial charge on any atom is -0.756 e. The first-order chi connectivity index (χ1) is 33.0. The molecule has 0 saturated carbocycles. The molecule has 0 fully saturated rings. The van der Waals surface area contributed by atoms with Crippen LogP contribution in [0.25, 0.3) is 0 Å². The zero-order valence-corrected chi connectivity index (χ0v) is 45.4. The molecule has 0 N–H and O–H groups in total. The second kappa shape index (κ2) is 49.4. The summed E-state index contributed by atoms with van der Waals surface area (Å²) in [5.41, 5.74) is 0. The first-order valence-corrected chi connectivity index (χ1v) is 29.1. The summed E-state index contributed by atoms with van der Waals surface area (Å²) in [5.74, 6) is -0.881. The molecule has 68 heavy (non-hydrogen) atoms. The van der Waals surface area contributed by atoms with Gasteiger partial charge in [0.25, 0.3) is 7.82 Å². The Morgan fingerprint density at radius 3 is 1.28 bits per heavy atom.